The largest absolute Gasteiger partial charge is 0.497 e. The molecule has 1 saturated heterocycles. The lowest BCUT2D eigenvalue weighted by atomic mass is 10.0. The van der Waals surface area contributed by atoms with Crippen molar-refractivity contribution in [1.29, 1.82) is 0 Å². The van der Waals surface area contributed by atoms with Crippen molar-refractivity contribution in [1.82, 2.24) is 0 Å². The van der Waals surface area contributed by atoms with Crippen molar-refractivity contribution in [2.45, 2.75) is 44.6 Å². The molecule has 1 N–H and O–H groups in total. The Morgan fingerprint density at radius 1 is 1.25 bits per heavy atom. The molecule has 5 heteroatoms. The van der Waals surface area contributed by atoms with Crippen LogP contribution in [0.2, 0.25) is 0 Å². The van der Waals surface area contributed by atoms with E-state index in [1.54, 1.807) is 14.2 Å². The number of hydrogen-bond donors (Lipinski definition) is 1. The Bertz CT molecular complexity index is 405. The molecule has 1 aliphatic heterocycles. The van der Waals surface area contributed by atoms with Crippen LogP contribution in [0, 0.1) is 0 Å². The SMILES string of the molecule is COc1ccc(CO[C@H]2C[C@@H](OC)O[C@@H](C)[C@H]2O)cc1. The Morgan fingerprint density at radius 2 is 1.95 bits per heavy atom. The van der Waals surface area contributed by atoms with Gasteiger partial charge < -0.3 is 24.1 Å². The molecular weight excluding hydrogens is 260 g/mol. The van der Waals surface area contributed by atoms with E-state index in [0.717, 1.165) is 11.3 Å². The second-order valence-corrected chi connectivity index (χ2v) is 4.93. The Kier molecular flexibility index (Phi) is 5.37. The van der Waals surface area contributed by atoms with Gasteiger partial charge in [0.2, 0.25) is 0 Å². The monoisotopic (exact) mass is 282 g/mol. The van der Waals surface area contributed by atoms with Gasteiger partial charge in [-0.1, -0.05) is 12.1 Å². The van der Waals surface area contributed by atoms with E-state index in [1.165, 1.54) is 0 Å². The average molecular weight is 282 g/mol. The highest BCUT2D eigenvalue weighted by Gasteiger charge is 2.35. The molecule has 1 aromatic carbocycles. The molecule has 112 valence electrons. The van der Waals surface area contributed by atoms with Gasteiger partial charge in [-0.3, -0.25) is 0 Å². The van der Waals surface area contributed by atoms with Crippen molar-refractivity contribution >= 4 is 0 Å². The van der Waals surface area contributed by atoms with Gasteiger partial charge in [-0.15, -0.1) is 0 Å². The highest BCUT2D eigenvalue weighted by atomic mass is 16.7. The minimum absolute atomic E-state index is 0.286. The summed E-state index contributed by atoms with van der Waals surface area (Å²) in [6, 6.07) is 7.67. The quantitative estimate of drug-likeness (QED) is 0.891. The van der Waals surface area contributed by atoms with Crippen molar-refractivity contribution < 1.29 is 24.1 Å². The highest BCUT2D eigenvalue weighted by molar-refractivity contribution is 5.26. The molecule has 0 aromatic heterocycles. The Labute approximate surface area is 119 Å². The Morgan fingerprint density at radius 3 is 2.55 bits per heavy atom. The third kappa shape index (κ3) is 3.70. The van der Waals surface area contributed by atoms with Gasteiger partial charge in [0.05, 0.1) is 25.9 Å². The summed E-state index contributed by atoms with van der Waals surface area (Å²) in [6.45, 7) is 2.26. The van der Waals surface area contributed by atoms with Crippen LogP contribution in [0.5, 0.6) is 5.75 Å². The first-order valence-corrected chi connectivity index (χ1v) is 6.75. The summed E-state index contributed by atoms with van der Waals surface area (Å²) in [5.74, 6) is 0.813. The molecule has 0 bridgehead atoms. The number of rotatable bonds is 5. The Hall–Kier alpha value is -1.14. The second-order valence-electron chi connectivity index (χ2n) is 4.93. The van der Waals surface area contributed by atoms with Crippen molar-refractivity contribution in [3.8, 4) is 5.75 Å². The molecule has 4 atom stereocenters. The van der Waals surface area contributed by atoms with Crippen molar-refractivity contribution in [2.24, 2.45) is 0 Å². The minimum Gasteiger partial charge on any atom is -0.497 e. The fourth-order valence-electron chi connectivity index (χ4n) is 2.25. The van der Waals surface area contributed by atoms with Gasteiger partial charge >= 0.3 is 0 Å². The van der Waals surface area contributed by atoms with E-state index in [4.69, 9.17) is 18.9 Å². The zero-order valence-corrected chi connectivity index (χ0v) is 12.1. The summed E-state index contributed by atoms with van der Waals surface area (Å²) in [4.78, 5) is 0. The van der Waals surface area contributed by atoms with Crippen molar-refractivity contribution in [2.75, 3.05) is 14.2 Å². The number of hydrogen-bond acceptors (Lipinski definition) is 5. The van der Waals surface area contributed by atoms with Gasteiger partial charge in [0.1, 0.15) is 11.9 Å². The summed E-state index contributed by atoms with van der Waals surface area (Å²) >= 11 is 0. The van der Waals surface area contributed by atoms with Crippen LogP contribution < -0.4 is 4.74 Å². The third-order valence-electron chi connectivity index (χ3n) is 3.54. The van der Waals surface area contributed by atoms with Gasteiger partial charge in [-0.25, -0.2) is 0 Å². The lowest BCUT2D eigenvalue weighted by molar-refractivity contribution is -0.247. The van der Waals surface area contributed by atoms with Crippen LogP contribution in [0.25, 0.3) is 0 Å². The molecular formula is C15H22O5. The second kappa shape index (κ2) is 7.04. The van der Waals surface area contributed by atoms with E-state index in [0.29, 0.717) is 13.0 Å². The zero-order valence-electron chi connectivity index (χ0n) is 12.1. The molecule has 20 heavy (non-hydrogen) atoms. The molecule has 0 unspecified atom stereocenters. The van der Waals surface area contributed by atoms with Crippen LogP contribution in [0.1, 0.15) is 18.9 Å². The summed E-state index contributed by atoms with van der Waals surface area (Å²) < 4.78 is 21.6. The van der Waals surface area contributed by atoms with E-state index in [2.05, 4.69) is 0 Å². The maximum atomic E-state index is 10.1. The lowest BCUT2D eigenvalue weighted by Gasteiger charge is -2.37. The molecule has 0 radical (unpaired) electrons. The van der Waals surface area contributed by atoms with E-state index < -0.39 is 6.10 Å². The summed E-state index contributed by atoms with van der Waals surface area (Å²) in [6.07, 6.45) is -1.02. The first kappa shape index (κ1) is 15.3. The fourth-order valence-corrected chi connectivity index (χ4v) is 2.25. The normalized spacial score (nSPS) is 30.2. The van der Waals surface area contributed by atoms with Crippen LogP contribution in [-0.2, 0) is 20.8 Å². The first-order valence-electron chi connectivity index (χ1n) is 6.75. The molecule has 0 saturated carbocycles. The molecule has 5 nitrogen and oxygen atoms in total. The first-order chi connectivity index (χ1) is 9.63. The van der Waals surface area contributed by atoms with Crippen LogP contribution in [-0.4, -0.2) is 43.9 Å². The average Bonchev–Trinajstić information content (AvgIpc) is 2.49. The predicted molar refractivity (Wildman–Crippen MR) is 73.5 cm³/mol. The van der Waals surface area contributed by atoms with Gasteiger partial charge in [-0.2, -0.15) is 0 Å². The Balaban J connectivity index is 1.90. The maximum Gasteiger partial charge on any atom is 0.160 e. The summed E-state index contributed by atoms with van der Waals surface area (Å²) in [5.41, 5.74) is 1.03. The number of benzene rings is 1. The van der Waals surface area contributed by atoms with Gasteiger partial charge in [0.25, 0.3) is 0 Å². The maximum absolute atomic E-state index is 10.1. The molecule has 1 aliphatic rings. The molecule has 1 aromatic rings. The van der Waals surface area contributed by atoms with Crippen LogP contribution >= 0.6 is 0 Å². The fraction of sp³-hybridized carbons (Fsp3) is 0.600. The topological polar surface area (TPSA) is 57.2 Å². The van der Waals surface area contributed by atoms with E-state index in [-0.39, 0.29) is 18.5 Å². The van der Waals surface area contributed by atoms with Crippen LogP contribution in [0.15, 0.2) is 24.3 Å². The lowest BCUT2D eigenvalue weighted by Crippen LogP contribution is -2.48. The van der Waals surface area contributed by atoms with E-state index in [9.17, 15) is 5.11 Å². The smallest absolute Gasteiger partial charge is 0.160 e. The van der Waals surface area contributed by atoms with Crippen molar-refractivity contribution in [3.05, 3.63) is 29.8 Å². The molecule has 0 amide bonds. The number of ether oxygens (including phenoxy) is 4. The predicted octanol–water partition coefficient (Wildman–Crippen LogP) is 1.72. The third-order valence-corrected chi connectivity index (χ3v) is 3.54. The van der Waals surface area contributed by atoms with Gasteiger partial charge in [-0.05, 0) is 24.6 Å². The molecule has 0 spiro atoms. The number of aliphatic hydroxyl groups is 1. The summed E-state index contributed by atoms with van der Waals surface area (Å²) in [7, 11) is 3.23. The minimum atomic E-state index is -0.639. The van der Waals surface area contributed by atoms with Gasteiger partial charge in [0, 0.05) is 13.5 Å². The molecule has 2 rings (SSSR count). The van der Waals surface area contributed by atoms with Crippen LogP contribution in [0.4, 0.5) is 0 Å². The zero-order chi connectivity index (χ0) is 14.5. The molecule has 0 aliphatic carbocycles. The molecule has 1 heterocycles. The standard InChI is InChI=1S/C15H22O5/c1-10-15(16)13(8-14(18-3)20-10)19-9-11-4-6-12(17-2)7-5-11/h4-7,10,13-16H,8-9H2,1-3H3/t10-,13-,14-,15+/m0/s1. The highest BCUT2D eigenvalue weighted by Crippen LogP contribution is 2.24. The van der Waals surface area contributed by atoms with E-state index >= 15 is 0 Å². The van der Waals surface area contributed by atoms with E-state index in [1.807, 2.05) is 31.2 Å². The van der Waals surface area contributed by atoms with Crippen LogP contribution in [0.3, 0.4) is 0 Å². The van der Waals surface area contributed by atoms with Gasteiger partial charge in [0.15, 0.2) is 6.29 Å². The van der Waals surface area contributed by atoms with Crippen molar-refractivity contribution in [3.63, 3.8) is 0 Å². The number of aliphatic hydroxyl groups excluding tert-OH is 1. The number of methoxy groups -OCH3 is 2. The molecule has 1 fully saturated rings. The summed E-state index contributed by atoms with van der Waals surface area (Å²) in [5, 5.41) is 10.1.